The van der Waals surface area contributed by atoms with E-state index in [1.165, 1.54) is 4.90 Å². The summed E-state index contributed by atoms with van der Waals surface area (Å²) in [6.07, 6.45) is 0. The van der Waals surface area contributed by atoms with Crippen molar-refractivity contribution in [3.05, 3.63) is 84.1 Å². The number of nitrogens with zero attached hydrogens (tertiary/aromatic N) is 1. The minimum absolute atomic E-state index is 0.202. The molecule has 1 heterocycles. The largest absolute Gasteiger partial charge is 0.497 e. The average molecular weight is 459 g/mol. The topological polar surface area (TPSA) is 77.1 Å². The van der Waals surface area contributed by atoms with E-state index in [1.54, 1.807) is 67.8 Å². The molecule has 1 N–H and O–H groups in total. The second-order valence-corrected chi connectivity index (χ2v) is 7.43. The first-order valence-corrected chi connectivity index (χ1v) is 11.1. The molecule has 1 aliphatic rings. The zero-order valence-electron chi connectivity index (χ0n) is 19.3. The summed E-state index contributed by atoms with van der Waals surface area (Å²) >= 11 is 0. The van der Waals surface area contributed by atoms with Gasteiger partial charge in [-0.05, 0) is 80.1 Å². The van der Waals surface area contributed by atoms with Crippen LogP contribution in [0.1, 0.15) is 19.4 Å². The fourth-order valence-corrected chi connectivity index (χ4v) is 3.71. The van der Waals surface area contributed by atoms with Gasteiger partial charge in [-0.2, -0.15) is 0 Å². The molecule has 7 heteroatoms. The van der Waals surface area contributed by atoms with Gasteiger partial charge in [0.2, 0.25) is 0 Å². The summed E-state index contributed by atoms with van der Waals surface area (Å²) in [6.45, 7) is 4.89. The molecule has 34 heavy (non-hydrogen) atoms. The number of carbonyl (C=O) groups is 2. The standard InChI is InChI=1S/C27H26N2O5/c1-4-33-22-14-8-19(9-15-22)28-25-24(18-6-12-21(32-3)13-7-18)26(30)29(27(25)31)20-10-16-23(17-11-20)34-5-2/h6-17,28H,4-5H2,1-3H3. The number of nitrogens with one attached hydrogen (secondary N) is 1. The molecule has 0 unspecified atom stereocenters. The molecule has 1 aliphatic heterocycles. The number of imide groups is 1. The van der Waals surface area contributed by atoms with Crippen LogP contribution in [0.4, 0.5) is 11.4 Å². The molecule has 0 saturated heterocycles. The molecule has 0 fully saturated rings. The predicted molar refractivity (Wildman–Crippen MR) is 131 cm³/mol. The van der Waals surface area contributed by atoms with Crippen LogP contribution in [0.3, 0.4) is 0 Å². The first kappa shape index (κ1) is 22.9. The fourth-order valence-electron chi connectivity index (χ4n) is 3.71. The quantitative estimate of drug-likeness (QED) is 0.460. The summed E-state index contributed by atoms with van der Waals surface area (Å²) in [5.74, 6) is 1.20. The minimum Gasteiger partial charge on any atom is -0.497 e. The smallest absolute Gasteiger partial charge is 0.282 e. The summed E-state index contributed by atoms with van der Waals surface area (Å²) in [4.78, 5) is 28.2. The van der Waals surface area contributed by atoms with Crippen LogP contribution in [0, 0.1) is 0 Å². The molecule has 0 aromatic heterocycles. The van der Waals surface area contributed by atoms with Crippen LogP contribution < -0.4 is 24.4 Å². The molecule has 3 aromatic rings. The second-order valence-electron chi connectivity index (χ2n) is 7.43. The monoisotopic (exact) mass is 458 g/mol. The number of anilines is 2. The Morgan fingerprint density at radius 3 is 1.76 bits per heavy atom. The van der Waals surface area contributed by atoms with E-state index in [0.29, 0.717) is 41.7 Å². The van der Waals surface area contributed by atoms with Gasteiger partial charge in [0.05, 0.1) is 31.6 Å². The third kappa shape index (κ3) is 4.59. The molecule has 0 bridgehead atoms. The van der Waals surface area contributed by atoms with Crippen LogP contribution in [0.2, 0.25) is 0 Å². The van der Waals surface area contributed by atoms with Gasteiger partial charge in [0.25, 0.3) is 11.8 Å². The van der Waals surface area contributed by atoms with E-state index in [4.69, 9.17) is 14.2 Å². The van der Waals surface area contributed by atoms with Crippen molar-refractivity contribution < 1.29 is 23.8 Å². The van der Waals surface area contributed by atoms with Gasteiger partial charge in [-0.15, -0.1) is 0 Å². The molecule has 2 amide bonds. The van der Waals surface area contributed by atoms with Crippen molar-refractivity contribution in [3.63, 3.8) is 0 Å². The molecule has 0 aliphatic carbocycles. The lowest BCUT2D eigenvalue weighted by atomic mass is 10.0. The molecule has 7 nitrogen and oxygen atoms in total. The molecular formula is C27H26N2O5. The van der Waals surface area contributed by atoms with E-state index < -0.39 is 11.8 Å². The Labute approximate surface area is 198 Å². The van der Waals surface area contributed by atoms with Crippen molar-refractivity contribution in [1.29, 1.82) is 0 Å². The lowest BCUT2D eigenvalue weighted by Crippen LogP contribution is -2.32. The maximum Gasteiger partial charge on any atom is 0.282 e. The van der Waals surface area contributed by atoms with Crippen LogP contribution >= 0.6 is 0 Å². The van der Waals surface area contributed by atoms with E-state index in [9.17, 15) is 9.59 Å². The van der Waals surface area contributed by atoms with Crippen LogP contribution in [0.25, 0.3) is 5.57 Å². The predicted octanol–water partition coefficient (Wildman–Crippen LogP) is 4.89. The van der Waals surface area contributed by atoms with Crippen molar-refractivity contribution in [2.24, 2.45) is 0 Å². The zero-order valence-corrected chi connectivity index (χ0v) is 19.3. The van der Waals surface area contributed by atoms with Crippen LogP contribution in [-0.2, 0) is 9.59 Å². The number of hydrogen-bond acceptors (Lipinski definition) is 6. The normalized spacial score (nSPS) is 13.3. The summed E-state index contributed by atoms with van der Waals surface area (Å²) in [6, 6.07) is 21.2. The second kappa shape index (κ2) is 10.1. The zero-order chi connectivity index (χ0) is 24.1. The van der Waals surface area contributed by atoms with Crippen molar-refractivity contribution in [2.75, 3.05) is 30.5 Å². The maximum absolute atomic E-state index is 13.5. The Hall–Kier alpha value is -4.26. The molecular weight excluding hydrogens is 432 g/mol. The Morgan fingerprint density at radius 2 is 1.24 bits per heavy atom. The van der Waals surface area contributed by atoms with Crippen LogP contribution in [0.15, 0.2) is 78.5 Å². The number of rotatable bonds is 9. The highest BCUT2D eigenvalue weighted by atomic mass is 16.5. The van der Waals surface area contributed by atoms with Gasteiger partial charge in [0.15, 0.2) is 0 Å². The number of benzene rings is 3. The molecule has 0 radical (unpaired) electrons. The van der Waals surface area contributed by atoms with Crippen LogP contribution in [0.5, 0.6) is 17.2 Å². The van der Waals surface area contributed by atoms with E-state index in [0.717, 1.165) is 5.75 Å². The molecule has 4 rings (SSSR count). The van der Waals surface area contributed by atoms with Crippen molar-refractivity contribution >= 4 is 28.8 Å². The van der Waals surface area contributed by atoms with E-state index >= 15 is 0 Å². The molecule has 174 valence electrons. The molecule has 0 saturated carbocycles. The maximum atomic E-state index is 13.5. The number of methoxy groups -OCH3 is 1. The van der Waals surface area contributed by atoms with Gasteiger partial charge in [-0.3, -0.25) is 9.59 Å². The van der Waals surface area contributed by atoms with Gasteiger partial charge in [0.1, 0.15) is 22.9 Å². The summed E-state index contributed by atoms with van der Waals surface area (Å²) in [5.41, 5.74) is 2.23. The van der Waals surface area contributed by atoms with Gasteiger partial charge in [0, 0.05) is 5.69 Å². The Kier molecular flexibility index (Phi) is 6.82. The number of amides is 2. The lowest BCUT2D eigenvalue weighted by Gasteiger charge is -2.16. The highest BCUT2D eigenvalue weighted by Gasteiger charge is 2.40. The SMILES string of the molecule is CCOc1ccc(NC2=C(c3ccc(OC)cc3)C(=O)N(c3ccc(OCC)cc3)C2=O)cc1. The van der Waals surface area contributed by atoms with E-state index in [1.807, 2.05) is 26.0 Å². The fraction of sp³-hybridized carbons (Fsp3) is 0.185. The van der Waals surface area contributed by atoms with Gasteiger partial charge in [-0.25, -0.2) is 4.90 Å². The Morgan fingerprint density at radius 1 is 0.706 bits per heavy atom. The van der Waals surface area contributed by atoms with Gasteiger partial charge < -0.3 is 19.5 Å². The molecule has 0 spiro atoms. The van der Waals surface area contributed by atoms with E-state index in [2.05, 4.69) is 5.32 Å². The number of hydrogen-bond donors (Lipinski definition) is 1. The highest BCUT2D eigenvalue weighted by molar-refractivity contribution is 6.46. The number of ether oxygens (including phenoxy) is 3. The molecule has 3 aromatic carbocycles. The average Bonchev–Trinajstić information content (AvgIpc) is 3.10. The third-order valence-corrected chi connectivity index (χ3v) is 5.30. The van der Waals surface area contributed by atoms with Crippen molar-refractivity contribution in [2.45, 2.75) is 13.8 Å². The minimum atomic E-state index is -0.436. The van der Waals surface area contributed by atoms with Crippen LogP contribution in [-0.4, -0.2) is 32.1 Å². The highest BCUT2D eigenvalue weighted by Crippen LogP contribution is 2.35. The van der Waals surface area contributed by atoms with Crippen molar-refractivity contribution in [1.82, 2.24) is 0 Å². The van der Waals surface area contributed by atoms with Gasteiger partial charge >= 0.3 is 0 Å². The first-order chi connectivity index (χ1) is 16.5. The third-order valence-electron chi connectivity index (χ3n) is 5.30. The Bertz CT molecular complexity index is 1200. The summed E-state index contributed by atoms with van der Waals surface area (Å²) < 4.78 is 16.2. The first-order valence-electron chi connectivity index (χ1n) is 11.1. The Balaban J connectivity index is 1.72. The van der Waals surface area contributed by atoms with Gasteiger partial charge in [-0.1, -0.05) is 12.1 Å². The summed E-state index contributed by atoms with van der Waals surface area (Å²) in [5, 5.41) is 3.16. The lowest BCUT2D eigenvalue weighted by molar-refractivity contribution is -0.120. The van der Waals surface area contributed by atoms with Crippen molar-refractivity contribution in [3.8, 4) is 17.2 Å². The summed E-state index contributed by atoms with van der Waals surface area (Å²) in [7, 11) is 1.57. The molecule has 0 atom stereocenters. The number of carbonyl (C=O) groups excluding carboxylic acids is 2. The van der Waals surface area contributed by atoms with E-state index in [-0.39, 0.29) is 11.3 Å².